The van der Waals surface area contributed by atoms with Crippen LogP contribution in [0.2, 0.25) is 0 Å². The van der Waals surface area contributed by atoms with E-state index in [0.29, 0.717) is 13.1 Å². The molecule has 5 heteroatoms. The summed E-state index contributed by atoms with van der Waals surface area (Å²) in [4.78, 5) is 13.2. The van der Waals surface area contributed by atoms with E-state index in [1.807, 2.05) is 38.1 Å². The number of morpholine rings is 1. The maximum absolute atomic E-state index is 10.9. The summed E-state index contributed by atoms with van der Waals surface area (Å²) in [5, 5.41) is 18.3. The monoisotopic (exact) mass is 293 g/mol. The van der Waals surface area contributed by atoms with E-state index in [2.05, 4.69) is 4.90 Å². The lowest BCUT2D eigenvalue weighted by Crippen LogP contribution is -2.53. The molecule has 1 fully saturated rings. The standard InChI is InChI=1S/C16H23NO4/c1-16(2)11-17(9-14(10-18)21-16)8-13-6-4-3-5-12(13)7-15(19)20/h3-6,14,18H,7-11H2,1-2H3,(H,19,20). The van der Waals surface area contributed by atoms with E-state index >= 15 is 0 Å². The SMILES string of the molecule is CC1(C)CN(Cc2ccccc2CC(=O)O)CC(CO)O1. The van der Waals surface area contributed by atoms with Crippen molar-refractivity contribution in [2.45, 2.75) is 38.5 Å². The van der Waals surface area contributed by atoms with Gasteiger partial charge in [-0.1, -0.05) is 24.3 Å². The average Bonchev–Trinajstić information content (AvgIpc) is 2.38. The lowest BCUT2D eigenvalue weighted by molar-refractivity contribution is -0.150. The van der Waals surface area contributed by atoms with Crippen molar-refractivity contribution < 1.29 is 19.7 Å². The van der Waals surface area contributed by atoms with Gasteiger partial charge in [-0.15, -0.1) is 0 Å². The number of rotatable bonds is 5. The van der Waals surface area contributed by atoms with Crippen LogP contribution in [0.5, 0.6) is 0 Å². The molecule has 5 nitrogen and oxygen atoms in total. The number of aliphatic carboxylic acids is 1. The smallest absolute Gasteiger partial charge is 0.307 e. The minimum Gasteiger partial charge on any atom is -0.481 e. The molecular weight excluding hydrogens is 270 g/mol. The molecule has 0 radical (unpaired) electrons. The van der Waals surface area contributed by atoms with Gasteiger partial charge in [-0.05, 0) is 25.0 Å². The highest BCUT2D eigenvalue weighted by Crippen LogP contribution is 2.23. The number of benzene rings is 1. The van der Waals surface area contributed by atoms with Crippen molar-refractivity contribution in [3.05, 3.63) is 35.4 Å². The second-order valence-electron chi connectivity index (χ2n) is 6.19. The maximum Gasteiger partial charge on any atom is 0.307 e. The molecule has 1 aromatic rings. The molecule has 2 rings (SSSR count). The van der Waals surface area contributed by atoms with Gasteiger partial charge >= 0.3 is 5.97 Å². The molecule has 2 N–H and O–H groups in total. The van der Waals surface area contributed by atoms with Crippen LogP contribution < -0.4 is 0 Å². The molecule has 1 saturated heterocycles. The Balaban J connectivity index is 2.12. The van der Waals surface area contributed by atoms with Crippen LogP contribution in [0, 0.1) is 0 Å². The van der Waals surface area contributed by atoms with Crippen molar-refractivity contribution >= 4 is 5.97 Å². The topological polar surface area (TPSA) is 70.0 Å². The molecule has 116 valence electrons. The molecule has 1 aliphatic rings. The summed E-state index contributed by atoms with van der Waals surface area (Å²) in [5.74, 6) is -0.821. The van der Waals surface area contributed by atoms with Crippen LogP contribution in [-0.2, 0) is 22.5 Å². The summed E-state index contributed by atoms with van der Waals surface area (Å²) in [7, 11) is 0. The number of aliphatic hydroxyl groups excluding tert-OH is 1. The number of carboxylic acids is 1. The Morgan fingerprint density at radius 1 is 1.38 bits per heavy atom. The van der Waals surface area contributed by atoms with Gasteiger partial charge in [0.25, 0.3) is 0 Å². The van der Waals surface area contributed by atoms with Gasteiger partial charge < -0.3 is 14.9 Å². The molecule has 0 aromatic heterocycles. The Labute approximate surface area is 125 Å². The molecule has 0 amide bonds. The van der Waals surface area contributed by atoms with E-state index in [9.17, 15) is 9.90 Å². The zero-order valence-corrected chi connectivity index (χ0v) is 12.6. The van der Waals surface area contributed by atoms with Gasteiger partial charge in [0.05, 0.1) is 24.7 Å². The number of ether oxygens (including phenoxy) is 1. The molecule has 0 aliphatic carbocycles. The third-order valence-corrected chi connectivity index (χ3v) is 3.61. The number of hydrogen-bond acceptors (Lipinski definition) is 4. The first-order chi connectivity index (χ1) is 9.89. The molecule has 1 aromatic carbocycles. The summed E-state index contributed by atoms with van der Waals surface area (Å²) < 4.78 is 5.80. The summed E-state index contributed by atoms with van der Waals surface area (Å²) >= 11 is 0. The van der Waals surface area contributed by atoms with Crippen molar-refractivity contribution in [2.75, 3.05) is 19.7 Å². The van der Waals surface area contributed by atoms with E-state index in [4.69, 9.17) is 9.84 Å². The van der Waals surface area contributed by atoms with Crippen molar-refractivity contribution in [3.8, 4) is 0 Å². The molecule has 0 spiro atoms. The predicted octanol–water partition coefficient (Wildman–Crippen LogP) is 1.29. The van der Waals surface area contributed by atoms with E-state index in [1.54, 1.807) is 0 Å². The highest BCUT2D eigenvalue weighted by molar-refractivity contribution is 5.70. The molecule has 0 saturated carbocycles. The Morgan fingerprint density at radius 3 is 2.67 bits per heavy atom. The molecule has 1 aliphatic heterocycles. The lowest BCUT2D eigenvalue weighted by Gasteiger charge is -2.42. The first-order valence-electron chi connectivity index (χ1n) is 7.19. The second-order valence-corrected chi connectivity index (χ2v) is 6.19. The number of carboxylic acid groups (broad SMARTS) is 1. The van der Waals surface area contributed by atoms with E-state index in [0.717, 1.165) is 17.7 Å². The minimum atomic E-state index is -0.821. The van der Waals surface area contributed by atoms with Crippen molar-refractivity contribution in [2.24, 2.45) is 0 Å². The Morgan fingerprint density at radius 2 is 2.05 bits per heavy atom. The van der Waals surface area contributed by atoms with Gasteiger partial charge in [-0.25, -0.2) is 0 Å². The zero-order valence-electron chi connectivity index (χ0n) is 12.6. The van der Waals surface area contributed by atoms with Crippen molar-refractivity contribution in [1.82, 2.24) is 4.90 Å². The van der Waals surface area contributed by atoms with Gasteiger partial charge in [-0.2, -0.15) is 0 Å². The molecule has 21 heavy (non-hydrogen) atoms. The van der Waals surface area contributed by atoms with Crippen LogP contribution in [0.15, 0.2) is 24.3 Å². The fourth-order valence-corrected chi connectivity index (χ4v) is 2.92. The van der Waals surface area contributed by atoms with Gasteiger partial charge in [-0.3, -0.25) is 9.69 Å². The summed E-state index contributed by atoms with van der Waals surface area (Å²) in [6.07, 6.45) is -0.159. The van der Waals surface area contributed by atoms with Gasteiger partial charge in [0.15, 0.2) is 0 Å². The number of nitrogens with zero attached hydrogens (tertiary/aromatic N) is 1. The van der Waals surface area contributed by atoms with Gasteiger partial charge in [0.2, 0.25) is 0 Å². The van der Waals surface area contributed by atoms with Crippen LogP contribution >= 0.6 is 0 Å². The largest absolute Gasteiger partial charge is 0.481 e. The highest BCUT2D eigenvalue weighted by Gasteiger charge is 2.33. The Kier molecular flexibility index (Phi) is 4.98. The van der Waals surface area contributed by atoms with Crippen LogP contribution in [0.1, 0.15) is 25.0 Å². The van der Waals surface area contributed by atoms with Crippen molar-refractivity contribution in [1.29, 1.82) is 0 Å². The van der Waals surface area contributed by atoms with E-state index in [-0.39, 0.29) is 24.7 Å². The molecular formula is C16H23NO4. The van der Waals surface area contributed by atoms with Crippen LogP contribution in [0.3, 0.4) is 0 Å². The summed E-state index contributed by atoms with van der Waals surface area (Å²) in [5.41, 5.74) is 1.55. The molecule has 1 heterocycles. The number of carbonyl (C=O) groups is 1. The first kappa shape index (κ1) is 15.9. The van der Waals surface area contributed by atoms with Crippen LogP contribution in [-0.4, -0.2) is 52.5 Å². The quantitative estimate of drug-likeness (QED) is 0.856. The summed E-state index contributed by atoms with van der Waals surface area (Å²) in [6.45, 7) is 6.09. The van der Waals surface area contributed by atoms with Crippen molar-refractivity contribution in [3.63, 3.8) is 0 Å². The fraction of sp³-hybridized carbons (Fsp3) is 0.562. The predicted molar refractivity (Wildman–Crippen MR) is 79.1 cm³/mol. The normalized spacial score (nSPS) is 22.1. The Hall–Kier alpha value is -1.43. The van der Waals surface area contributed by atoms with E-state index in [1.165, 1.54) is 0 Å². The maximum atomic E-state index is 10.9. The average molecular weight is 293 g/mol. The summed E-state index contributed by atoms with van der Waals surface area (Å²) in [6, 6.07) is 7.62. The Bertz CT molecular complexity index is 501. The van der Waals surface area contributed by atoms with E-state index < -0.39 is 5.97 Å². The third-order valence-electron chi connectivity index (χ3n) is 3.61. The fourth-order valence-electron chi connectivity index (χ4n) is 2.92. The molecule has 0 bridgehead atoms. The molecule has 1 atom stereocenters. The first-order valence-corrected chi connectivity index (χ1v) is 7.19. The minimum absolute atomic E-state index is 0.00327. The zero-order chi connectivity index (χ0) is 15.5. The lowest BCUT2D eigenvalue weighted by atomic mass is 10.0. The van der Waals surface area contributed by atoms with Crippen LogP contribution in [0.4, 0.5) is 0 Å². The number of aliphatic hydroxyl groups is 1. The van der Waals surface area contributed by atoms with Gasteiger partial charge in [0, 0.05) is 19.6 Å². The van der Waals surface area contributed by atoms with Crippen LogP contribution in [0.25, 0.3) is 0 Å². The second kappa shape index (κ2) is 6.56. The molecule has 1 unspecified atom stereocenters. The number of hydrogen-bond donors (Lipinski definition) is 2. The highest BCUT2D eigenvalue weighted by atomic mass is 16.5. The third kappa shape index (κ3) is 4.52. The van der Waals surface area contributed by atoms with Gasteiger partial charge in [0.1, 0.15) is 0 Å².